The van der Waals surface area contributed by atoms with E-state index in [1.807, 2.05) is 6.92 Å². The van der Waals surface area contributed by atoms with Crippen LogP contribution in [0.2, 0.25) is 0 Å². The molecule has 3 aliphatic rings. The van der Waals surface area contributed by atoms with E-state index >= 15 is 0 Å². The highest BCUT2D eigenvalue weighted by Gasteiger charge is 2.66. The van der Waals surface area contributed by atoms with E-state index in [1.54, 1.807) is 17.8 Å². The third-order valence-electron chi connectivity index (χ3n) is 5.48. The molecule has 8 heteroatoms. The van der Waals surface area contributed by atoms with Crippen LogP contribution in [0.3, 0.4) is 0 Å². The standard InChI is InChI=1S/C20H30N2O5S/c1-4-6-7-9-25-11-14-10-20(16(23)26-14)13-19(3,27-17(20)24)15-12-28-18(22-15)21-8-5-2/h5,14,18,21H,2,4,6-13H2,1,3H3. The second kappa shape index (κ2) is 8.97. The molecule has 2 saturated heterocycles. The van der Waals surface area contributed by atoms with Gasteiger partial charge in [0, 0.05) is 31.7 Å². The molecule has 4 unspecified atom stereocenters. The number of carbonyl (C=O) groups excluding carboxylic acids is 2. The first kappa shape index (κ1) is 21.3. The molecule has 3 aliphatic heterocycles. The molecule has 0 aliphatic carbocycles. The number of hydrogen-bond acceptors (Lipinski definition) is 8. The highest BCUT2D eigenvalue weighted by molar-refractivity contribution is 8.00. The summed E-state index contributed by atoms with van der Waals surface area (Å²) < 4.78 is 16.8. The van der Waals surface area contributed by atoms with Gasteiger partial charge in [-0.25, -0.2) is 0 Å². The smallest absolute Gasteiger partial charge is 0.324 e. The van der Waals surface area contributed by atoms with E-state index in [0.29, 0.717) is 31.9 Å². The van der Waals surface area contributed by atoms with Crippen LogP contribution in [0, 0.1) is 5.41 Å². The van der Waals surface area contributed by atoms with E-state index in [-0.39, 0.29) is 11.9 Å². The molecule has 0 saturated carbocycles. The van der Waals surface area contributed by atoms with Gasteiger partial charge in [-0.15, -0.1) is 18.3 Å². The van der Waals surface area contributed by atoms with E-state index in [9.17, 15) is 9.59 Å². The minimum atomic E-state index is -1.23. The van der Waals surface area contributed by atoms with Gasteiger partial charge in [0.2, 0.25) is 0 Å². The molecule has 3 rings (SSSR count). The van der Waals surface area contributed by atoms with Gasteiger partial charge in [-0.3, -0.25) is 19.9 Å². The SMILES string of the molecule is C=CCNC1N=C(C2(C)CC3(CC(COCCCCC)OC3=O)C(=O)O2)CS1. The average Bonchev–Trinajstić information content (AvgIpc) is 3.32. The van der Waals surface area contributed by atoms with Crippen molar-refractivity contribution in [1.29, 1.82) is 0 Å². The van der Waals surface area contributed by atoms with Crippen LogP contribution in [0.4, 0.5) is 0 Å². The number of unbranched alkanes of at least 4 members (excludes halogenated alkanes) is 2. The Morgan fingerprint density at radius 3 is 2.96 bits per heavy atom. The van der Waals surface area contributed by atoms with Crippen molar-refractivity contribution in [3.8, 4) is 0 Å². The Bertz CT molecular complexity index is 655. The zero-order chi connectivity index (χ0) is 20.2. The normalized spacial score (nSPS) is 34.6. The number of thioether (sulfide) groups is 1. The van der Waals surface area contributed by atoms with Gasteiger partial charge in [-0.2, -0.15) is 0 Å². The van der Waals surface area contributed by atoms with Crippen LogP contribution < -0.4 is 5.32 Å². The van der Waals surface area contributed by atoms with Crippen LogP contribution in [-0.4, -0.2) is 60.4 Å². The van der Waals surface area contributed by atoms with Crippen molar-refractivity contribution >= 4 is 29.4 Å². The summed E-state index contributed by atoms with van der Waals surface area (Å²) in [5.41, 5.74) is -1.38. The highest BCUT2D eigenvalue weighted by atomic mass is 32.2. The zero-order valence-electron chi connectivity index (χ0n) is 16.7. The fourth-order valence-corrected chi connectivity index (χ4v) is 5.06. The average molecular weight is 411 g/mol. The van der Waals surface area contributed by atoms with Gasteiger partial charge in [0.15, 0.2) is 5.41 Å². The van der Waals surface area contributed by atoms with Gasteiger partial charge in [0.25, 0.3) is 0 Å². The maximum Gasteiger partial charge on any atom is 0.324 e. The molecule has 1 N–H and O–H groups in total. The Morgan fingerprint density at radius 2 is 2.21 bits per heavy atom. The van der Waals surface area contributed by atoms with Crippen LogP contribution in [0.5, 0.6) is 0 Å². The molecule has 4 atom stereocenters. The summed E-state index contributed by atoms with van der Waals surface area (Å²) in [5.74, 6) is -0.326. The van der Waals surface area contributed by atoms with Gasteiger partial charge < -0.3 is 14.2 Å². The highest BCUT2D eigenvalue weighted by Crippen LogP contribution is 2.50. The third-order valence-corrected chi connectivity index (χ3v) is 6.51. The summed E-state index contributed by atoms with van der Waals surface area (Å²) in [5, 5.41) is 3.24. The molecule has 0 radical (unpaired) electrons. The summed E-state index contributed by atoms with van der Waals surface area (Å²) in [6.45, 7) is 9.29. The molecule has 0 aromatic rings. The quantitative estimate of drug-likeness (QED) is 0.256. The number of esters is 2. The Hall–Kier alpha value is -1.38. The van der Waals surface area contributed by atoms with Crippen molar-refractivity contribution in [3.63, 3.8) is 0 Å². The first-order valence-electron chi connectivity index (χ1n) is 9.99. The van der Waals surface area contributed by atoms with Crippen molar-refractivity contribution in [2.24, 2.45) is 10.4 Å². The number of carbonyl (C=O) groups is 2. The van der Waals surface area contributed by atoms with Crippen molar-refractivity contribution in [2.45, 2.75) is 63.2 Å². The predicted octanol–water partition coefficient (Wildman–Crippen LogP) is 2.45. The maximum absolute atomic E-state index is 12.7. The Balaban J connectivity index is 1.61. The third kappa shape index (κ3) is 4.28. The summed E-state index contributed by atoms with van der Waals surface area (Å²) in [6.07, 6.45) is 5.19. The zero-order valence-corrected chi connectivity index (χ0v) is 17.5. The van der Waals surface area contributed by atoms with Gasteiger partial charge in [0.1, 0.15) is 17.2 Å². The summed E-state index contributed by atoms with van der Waals surface area (Å²) in [4.78, 5) is 30.0. The molecule has 7 nitrogen and oxygen atoms in total. The molecular weight excluding hydrogens is 380 g/mol. The number of nitrogens with one attached hydrogen (secondary N) is 1. The van der Waals surface area contributed by atoms with Crippen molar-refractivity contribution < 1.29 is 23.8 Å². The minimum Gasteiger partial charge on any atom is -0.459 e. The number of cyclic esters (lactones) is 2. The van der Waals surface area contributed by atoms with Gasteiger partial charge in [0.05, 0.1) is 12.3 Å². The predicted molar refractivity (Wildman–Crippen MR) is 108 cm³/mol. The molecule has 156 valence electrons. The Morgan fingerprint density at radius 1 is 1.39 bits per heavy atom. The number of nitrogens with zero attached hydrogens (tertiary/aromatic N) is 1. The largest absolute Gasteiger partial charge is 0.459 e. The monoisotopic (exact) mass is 410 g/mol. The summed E-state index contributed by atoms with van der Waals surface area (Å²) >= 11 is 1.64. The second-order valence-electron chi connectivity index (χ2n) is 7.83. The van der Waals surface area contributed by atoms with Crippen LogP contribution in [0.25, 0.3) is 0 Å². The molecule has 0 aromatic carbocycles. The van der Waals surface area contributed by atoms with Crippen LogP contribution in [0.1, 0.15) is 46.0 Å². The Kier molecular flexibility index (Phi) is 6.83. The van der Waals surface area contributed by atoms with Crippen LogP contribution >= 0.6 is 11.8 Å². The van der Waals surface area contributed by atoms with Crippen molar-refractivity contribution in [2.75, 3.05) is 25.5 Å². The summed E-state index contributed by atoms with van der Waals surface area (Å²) in [7, 11) is 0. The topological polar surface area (TPSA) is 86.2 Å². The van der Waals surface area contributed by atoms with Crippen LogP contribution in [0.15, 0.2) is 17.6 Å². The van der Waals surface area contributed by atoms with Crippen LogP contribution in [-0.2, 0) is 23.8 Å². The molecular formula is C20H30N2O5S. The molecule has 0 aromatic heterocycles. The fraction of sp³-hybridized carbons (Fsp3) is 0.750. The number of rotatable bonds is 10. The van der Waals surface area contributed by atoms with E-state index in [2.05, 4.69) is 23.8 Å². The molecule has 3 heterocycles. The van der Waals surface area contributed by atoms with E-state index < -0.39 is 29.1 Å². The van der Waals surface area contributed by atoms with Crippen molar-refractivity contribution in [1.82, 2.24) is 5.32 Å². The molecule has 0 amide bonds. The summed E-state index contributed by atoms with van der Waals surface area (Å²) in [6, 6.07) is 0. The molecule has 0 bridgehead atoms. The number of ether oxygens (including phenoxy) is 3. The van der Waals surface area contributed by atoms with Crippen molar-refractivity contribution in [3.05, 3.63) is 12.7 Å². The lowest BCUT2D eigenvalue weighted by molar-refractivity contribution is -0.159. The first-order valence-corrected chi connectivity index (χ1v) is 11.0. The lowest BCUT2D eigenvalue weighted by atomic mass is 9.77. The van der Waals surface area contributed by atoms with Gasteiger partial charge >= 0.3 is 11.9 Å². The van der Waals surface area contributed by atoms with E-state index in [4.69, 9.17) is 14.2 Å². The number of hydrogen-bond donors (Lipinski definition) is 1. The lowest BCUT2D eigenvalue weighted by Crippen LogP contribution is -2.37. The first-order chi connectivity index (χ1) is 13.4. The molecule has 1 spiro atoms. The second-order valence-corrected chi connectivity index (χ2v) is 8.90. The lowest BCUT2D eigenvalue weighted by Gasteiger charge is -2.22. The van der Waals surface area contributed by atoms with E-state index in [0.717, 1.165) is 25.0 Å². The maximum atomic E-state index is 12.7. The molecule has 28 heavy (non-hydrogen) atoms. The van der Waals surface area contributed by atoms with Gasteiger partial charge in [-0.05, 0) is 13.3 Å². The minimum absolute atomic E-state index is 0.0834. The van der Waals surface area contributed by atoms with E-state index in [1.165, 1.54) is 0 Å². The van der Waals surface area contributed by atoms with Gasteiger partial charge in [-0.1, -0.05) is 25.8 Å². The Labute approximate surface area is 170 Å². The molecule has 2 fully saturated rings. The fourth-order valence-electron chi connectivity index (χ4n) is 3.95. The number of aliphatic imine (C=N–C) groups is 1.